The topological polar surface area (TPSA) is 78.7 Å². The van der Waals surface area contributed by atoms with E-state index in [1.54, 1.807) is 25.3 Å². The Morgan fingerprint density at radius 2 is 2.05 bits per heavy atom. The minimum Gasteiger partial charge on any atom is -0.496 e. The highest BCUT2D eigenvalue weighted by atomic mass is 16.6. The van der Waals surface area contributed by atoms with Crippen molar-refractivity contribution < 1.29 is 19.2 Å². The van der Waals surface area contributed by atoms with Gasteiger partial charge in [-0.2, -0.15) is 0 Å². The molecule has 0 aliphatic heterocycles. The molecule has 0 N–H and O–H groups in total. The summed E-state index contributed by atoms with van der Waals surface area (Å²) >= 11 is 0. The number of nitro groups is 1. The van der Waals surface area contributed by atoms with Crippen molar-refractivity contribution in [3.05, 3.63) is 58.2 Å². The number of hydrogen-bond acceptors (Lipinski definition) is 5. The molecule has 2 rings (SSSR count). The van der Waals surface area contributed by atoms with Gasteiger partial charge in [-0.05, 0) is 11.6 Å². The molecular formula is C15H15NO5. The van der Waals surface area contributed by atoms with Gasteiger partial charge < -0.3 is 9.47 Å². The quantitative estimate of drug-likeness (QED) is 0.482. The van der Waals surface area contributed by atoms with E-state index in [1.165, 1.54) is 6.08 Å². The molecule has 6 nitrogen and oxygen atoms in total. The monoisotopic (exact) mass is 289 g/mol. The molecule has 0 fully saturated rings. The normalized spacial score (nSPS) is 20.6. The first kappa shape index (κ1) is 14.8. The average molecular weight is 289 g/mol. The van der Waals surface area contributed by atoms with Crippen molar-refractivity contribution in [2.24, 2.45) is 0 Å². The van der Waals surface area contributed by atoms with Gasteiger partial charge in [0.2, 0.25) is 0 Å². The second-order valence-corrected chi connectivity index (χ2v) is 4.57. The molecule has 110 valence electrons. The number of hydrogen-bond donors (Lipinski definition) is 0. The van der Waals surface area contributed by atoms with Gasteiger partial charge in [-0.25, -0.2) is 4.79 Å². The van der Waals surface area contributed by atoms with Crippen LogP contribution < -0.4 is 4.74 Å². The number of nitrogens with zero attached hydrogens (tertiary/aromatic N) is 1. The predicted octanol–water partition coefficient (Wildman–Crippen LogP) is 2.23. The second kappa shape index (κ2) is 5.78. The molecule has 1 unspecified atom stereocenters. The number of methoxy groups -OCH3 is 2. The summed E-state index contributed by atoms with van der Waals surface area (Å²) in [7, 11) is 2.70. The molecule has 1 aliphatic rings. The summed E-state index contributed by atoms with van der Waals surface area (Å²) < 4.78 is 9.82. The molecule has 0 amide bonds. The third kappa shape index (κ3) is 2.52. The molecule has 0 saturated carbocycles. The largest absolute Gasteiger partial charge is 0.496 e. The number of carbonyl (C=O) groups excluding carboxylic acids is 1. The number of benzene rings is 1. The van der Waals surface area contributed by atoms with Crippen LogP contribution in [-0.2, 0) is 9.53 Å². The van der Waals surface area contributed by atoms with Gasteiger partial charge in [0.15, 0.2) is 0 Å². The minimum absolute atomic E-state index is 0.0590. The minimum atomic E-state index is -1.85. The summed E-state index contributed by atoms with van der Waals surface area (Å²) in [5.74, 6) is -0.209. The fourth-order valence-electron chi connectivity index (χ4n) is 2.25. The molecular weight excluding hydrogens is 274 g/mol. The lowest BCUT2D eigenvalue weighted by molar-refractivity contribution is -0.540. The Morgan fingerprint density at radius 3 is 2.57 bits per heavy atom. The van der Waals surface area contributed by atoms with Gasteiger partial charge >= 0.3 is 11.5 Å². The van der Waals surface area contributed by atoms with Crippen LogP contribution in [0.3, 0.4) is 0 Å². The van der Waals surface area contributed by atoms with Gasteiger partial charge in [-0.3, -0.25) is 10.1 Å². The van der Waals surface area contributed by atoms with Gasteiger partial charge in [0.05, 0.1) is 20.6 Å². The molecule has 0 spiro atoms. The Balaban J connectivity index is 2.37. The van der Waals surface area contributed by atoms with Crippen LogP contribution >= 0.6 is 0 Å². The van der Waals surface area contributed by atoms with Crippen LogP contribution in [0.4, 0.5) is 0 Å². The van der Waals surface area contributed by atoms with E-state index in [1.807, 2.05) is 18.2 Å². The van der Waals surface area contributed by atoms with E-state index >= 15 is 0 Å². The van der Waals surface area contributed by atoms with E-state index in [-0.39, 0.29) is 6.42 Å². The lowest BCUT2D eigenvalue weighted by Gasteiger charge is -2.21. The Morgan fingerprint density at radius 1 is 1.33 bits per heavy atom. The molecule has 1 aromatic carbocycles. The van der Waals surface area contributed by atoms with E-state index in [9.17, 15) is 14.9 Å². The van der Waals surface area contributed by atoms with Gasteiger partial charge in [-0.1, -0.05) is 30.4 Å². The van der Waals surface area contributed by atoms with Crippen molar-refractivity contribution in [1.29, 1.82) is 0 Å². The first-order chi connectivity index (χ1) is 10.0. The number of para-hydroxylation sites is 1. The molecule has 6 heteroatoms. The molecule has 1 aromatic rings. The van der Waals surface area contributed by atoms with Crippen molar-refractivity contribution in [3.63, 3.8) is 0 Å². The maximum Gasteiger partial charge on any atom is 0.389 e. The summed E-state index contributed by atoms with van der Waals surface area (Å²) in [6, 6.07) is 7.35. The lowest BCUT2D eigenvalue weighted by Crippen LogP contribution is -2.45. The third-order valence-electron chi connectivity index (χ3n) is 3.45. The Kier molecular flexibility index (Phi) is 4.07. The maximum atomic E-state index is 11.7. The maximum absolute atomic E-state index is 11.7. The van der Waals surface area contributed by atoms with Crippen LogP contribution in [-0.4, -0.2) is 30.7 Å². The SMILES string of the molecule is COC(=O)C1([N+](=O)[O-])C=CC(c2ccccc2OC)=CC1. The van der Waals surface area contributed by atoms with Crippen LogP contribution in [0.5, 0.6) is 5.75 Å². The van der Waals surface area contributed by atoms with Crippen molar-refractivity contribution in [3.8, 4) is 5.75 Å². The van der Waals surface area contributed by atoms with Gasteiger partial charge in [0.1, 0.15) is 5.75 Å². The van der Waals surface area contributed by atoms with Gasteiger partial charge in [-0.15, -0.1) is 0 Å². The van der Waals surface area contributed by atoms with Crippen molar-refractivity contribution in [2.45, 2.75) is 12.0 Å². The summed E-state index contributed by atoms with van der Waals surface area (Å²) in [5.41, 5.74) is -0.257. The molecule has 1 aliphatic carbocycles. The summed E-state index contributed by atoms with van der Waals surface area (Å²) in [5, 5.41) is 11.2. The number of rotatable bonds is 4. The Bertz CT molecular complexity index is 635. The van der Waals surface area contributed by atoms with E-state index < -0.39 is 16.4 Å². The predicted molar refractivity (Wildman–Crippen MR) is 76.5 cm³/mol. The number of esters is 1. The zero-order valence-corrected chi connectivity index (χ0v) is 11.7. The first-order valence-electron chi connectivity index (χ1n) is 6.31. The van der Waals surface area contributed by atoms with Crippen molar-refractivity contribution in [2.75, 3.05) is 14.2 Å². The second-order valence-electron chi connectivity index (χ2n) is 4.57. The molecule has 0 radical (unpaired) electrons. The third-order valence-corrected chi connectivity index (χ3v) is 3.45. The van der Waals surface area contributed by atoms with E-state index in [4.69, 9.17) is 4.74 Å². The lowest BCUT2D eigenvalue weighted by atomic mass is 9.87. The smallest absolute Gasteiger partial charge is 0.389 e. The number of allylic oxidation sites excluding steroid dienone is 2. The van der Waals surface area contributed by atoms with Crippen molar-refractivity contribution >= 4 is 11.5 Å². The van der Waals surface area contributed by atoms with Crippen LogP contribution in [0, 0.1) is 10.1 Å². The molecule has 0 saturated heterocycles. The molecule has 0 aromatic heterocycles. The fourth-order valence-corrected chi connectivity index (χ4v) is 2.25. The average Bonchev–Trinajstić information content (AvgIpc) is 2.53. The van der Waals surface area contributed by atoms with Gasteiger partial charge in [0.25, 0.3) is 0 Å². The number of carbonyl (C=O) groups is 1. The van der Waals surface area contributed by atoms with Crippen LogP contribution in [0.25, 0.3) is 5.57 Å². The highest BCUT2D eigenvalue weighted by Crippen LogP contribution is 2.33. The summed E-state index contributed by atoms with van der Waals surface area (Å²) in [4.78, 5) is 22.3. The molecule has 0 heterocycles. The highest BCUT2D eigenvalue weighted by molar-refractivity contribution is 5.87. The van der Waals surface area contributed by atoms with Crippen LogP contribution in [0.15, 0.2) is 42.5 Å². The number of ether oxygens (including phenoxy) is 2. The zero-order valence-electron chi connectivity index (χ0n) is 11.7. The Labute approximate surface area is 121 Å². The summed E-state index contributed by atoms with van der Waals surface area (Å²) in [6.07, 6.45) is 4.43. The van der Waals surface area contributed by atoms with Gasteiger partial charge in [0, 0.05) is 16.6 Å². The van der Waals surface area contributed by atoms with Crippen LogP contribution in [0.1, 0.15) is 12.0 Å². The molecule has 1 atom stereocenters. The molecule has 0 bridgehead atoms. The van der Waals surface area contributed by atoms with E-state index in [0.29, 0.717) is 5.75 Å². The summed E-state index contributed by atoms with van der Waals surface area (Å²) in [6.45, 7) is 0. The van der Waals surface area contributed by atoms with Crippen LogP contribution in [0.2, 0.25) is 0 Å². The first-order valence-corrected chi connectivity index (χ1v) is 6.31. The van der Waals surface area contributed by atoms with Crippen molar-refractivity contribution in [1.82, 2.24) is 0 Å². The van der Waals surface area contributed by atoms with E-state index in [2.05, 4.69) is 4.74 Å². The fraction of sp³-hybridized carbons (Fsp3) is 0.267. The zero-order chi connectivity index (χ0) is 15.5. The Hall–Kier alpha value is -2.63. The highest BCUT2D eigenvalue weighted by Gasteiger charge is 2.50. The molecule has 21 heavy (non-hydrogen) atoms. The van der Waals surface area contributed by atoms with E-state index in [0.717, 1.165) is 18.2 Å². The standard InChI is InChI=1S/C15H15NO5/c1-20-13-6-4-3-5-12(13)11-7-9-15(10-8-11,16(18)19)14(17)21-2/h3-9H,10H2,1-2H3.